The van der Waals surface area contributed by atoms with Gasteiger partial charge in [0.15, 0.2) is 5.84 Å². The van der Waals surface area contributed by atoms with Gasteiger partial charge in [0.25, 0.3) is 0 Å². The zero-order valence-corrected chi connectivity index (χ0v) is 9.00. The lowest BCUT2D eigenvalue weighted by molar-refractivity contribution is 0.318. The van der Waals surface area contributed by atoms with Crippen molar-refractivity contribution in [3.05, 3.63) is 26.9 Å². The Morgan fingerprint density at radius 1 is 1.50 bits per heavy atom. The molecule has 1 aromatic heterocycles. The van der Waals surface area contributed by atoms with E-state index in [0.717, 1.165) is 4.47 Å². The van der Waals surface area contributed by atoms with Crippen molar-refractivity contribution < 1.29 is 5.21 Å². The fraction of sp³-hybridized carbons (Fsp3) is 0. The number of nitrogens with zero attached hydrogens (tertiary/aromatic N) is 2. The Hall–Kier alpha value is -0.620. The SMILES string of the molecule is NC(=NO)c1cc(Br)cc(Br)n1. The summed E-state index contributed by atoms with van der Waals surface area (Å²) in [4.78, 5) is 3.98. The quantitative estimate of drug-likeness (QED) is 0.272. The third kappa shape index (κ3) is 2.18. The molecule has 0 atom stereocenters. The van der Waals surface area contributed by atoms with Gasteiger partial charge in [-0.2, -0.15) is 0 Å². The zero-order chi connectivity index (χ0) is 9.14. The maximum atomic E-state index is 8.36. The Balaban J connectivity index is 3.17. The molecule has 0 amide bonds. The molecule has 0 unspecified atom stereocenters. The maximum absolute atomic E-state index is 8.36. The molecule has 1 rings (SSSR count). The maximum Gasteiger partial charge on any atom is 0.188 e. The normalized spacial score (nSPS) is 11.7. The first-order valence-corrected chi connectivity index (χ1v) is 4.53. The largest absolute Gasteiger partial charge is 0.409 e. The van der Waals surface area contributed by atoms with Crippen LogP contribution in [0.15, 0.2) is 26.4 Å². The van der Waals surface area contributed by atoms with Crippen molar-refractivity contribution in [1.29, 1.82) is 0 Å². The van der Waals surface area contributed by atoms with Crippen LogP contribution in [0, 0.1) is 0 Å². The number of oxime groups is 1. The summed E-state index contributed by atoms with van der Waals surface area (Å²) in [5, 5.41) is 11.2. The van der Waals surface area contributed by atoms with Crippen LogP contribution in [0.4, 0.5) is 0 Å². The van der Waals surface area contributed by atoms with Gasteiger partial charge >= 0.3 is 0 Å². The van der Waals surface area contributed by atoms with E-state index in [-0.39, 0.29) is 5.84 Å². The number of amidine groups is 1. The third-order valence-corrected chi connectivity index (χ3v) is 1.99. The molecule has 64 valence electrons. The molecule has 0 radical (unpaired) electrons. The van der Waals surface area contributed by atoms with E-state index in [0.29, 0.717) is 10.3 Å². The lowest BCUT2D eigenvalue weighted by atomic mass is 10.3. The van der Waals surface area contributed by atoms with Crippen molar-refractivity contribution >= 4 is 37.7 Å². The summed E-state index contributed by atoms with van der Waals surface area (Å²) in [5.74, 6) is -0.0167. The Morgan fingerprint density at radius 3 is 2.67 bits per heavy atom. The highest BCUT2D eigenvalue weighted by atomic mass is 79.9. The first-order chi connectivity index (χ1) is 5.63. The average molecular weight is 295 g/mol. The van der Waals surface area contributed by atoms with E-state index in [1.165, 1.54) is 0 Å². The second-order valence-corrected chi connectivity index (χ2v) is 3.71. The topological polar surface area (TPSA) is 71.5 Å². The van der Waals surface area contributed by atoms with Crippen LogP contribution in [0.25, 0.3) is 0 Å². The Labute approximate surface area is 85.7 Å². The highest BCUT2D eigenvalue weighted by Gasteiger charge is 2.03. The van der Waals surface area contributed by atoms with Crippen LogP contribution in [0.3, 0.4) is 0 Å². The highest BCUT2D eigenvalue weighted by molar-refractivity contribution is 9.11. The minimum atomic E-state index is -0.0167. The van der Waals surface area contributed by atoms with Gasteiger partial charge < -0.3 is 10.9 Å². The summed E-state index contributed by atoms with van der Waals surface area (Å²) in [6, 6.07) is 3.41. The molecular formula is C6H5Br2N3O. The molecule has 3 N–H and O–H groups in total. The number of hydrogen-bond acceptors (Lipinski definition) is 3. The smallest absolute Gasteiger partial charge is 0.188 e. The van der Waals surface area contributed by atoms with E-state index >= 15 is 0 Å². The van der Waals surface area contributed by atoms with Crippen molar-refractivity contribution in [1.82, 2.24) is 4.98 Å². The fourth-order valence-electron chi connectivity index (χ4n) is 0.648. The molecule has 1 heterocycles. The number of rotatable bonds is 1. The van der Waals surface area contributed by atoms with Crippen LogP contribution in [0.1, 0.15) is 5.69 Å². The van der Waals surface area contributed by atoms with E-state index < -0.39 is 0 Å². The van der Waals surface area contributed by atoms with Gasteiger partial charge in [-0.05, 0) is 28.1 Å². The zero-order valence-electron chi connectivity index (χ0n) is 5.83. The molecular weight excluding hydrogens is 290 g/mol. The summed E-state index contributed by atoms with van der Waals surface area (Å²) in [7, 11) is 0. The molecule has 0 spiro atoms. The number of hydrogen-bond donors (Lipinski definition) is 2. The molecule has 0 aliphatic heterocycles. The van der Waals surface area contributed by atoms with Gasteiger partial charge in [-0.15, -0.1) is 0 Å². The molecule has 1 aromatic rings. The van der Waals surface area contributed by atoms with E-state index in [9.17, 15) is 0 Å². The molecule has 0 aliphatic rings. The van der Waals surface area contributed by atoms with Gasteiger partial charge in [0.1, 0.15) is 10.3 Å². The van der Waals surface area contributed by atoms with Crippen molar-refractivity contribution in [2.45, 2.75) is 0 Å². The van der Waals surface area contributed by atoms with E-state index in [2.05, 4.69) is 42.0 Å². The number of nitrogens with two attached hydrogens (primary N) is 1. The van der Waals surface area contributed by atoms with Crippen LogP contribution < -0.4 is 5.73 Å². The molecule has 0 saturated heterocycles. The standard InChI is InChI=1S/C6H5Br2N3O/c7-3-1-4(6(9)11-12)10-5(8)2-3/h1-2,12H,(H2,9,11). The van der Waals surface area contributed by atoms with Gasteiger partial charge in [0.05, 0.1) is 0 Å². The van der Waals surface area contributed by atoms with E-state index in [1.807, 2.05) is 0 Å². The monoisotopic (exact) mass is 293 g/mol. The molecule has 0 aliphatic carbocycles. The van der Waals surface area contributed by atoms with Crippen molar-refractivity contribution in [2.75, 3.05) is 0 Å². The highest BCUT2D eigenvalue weighted by Crippen LogP contribution is 2.16. The lowest BCUT2D eigenvalue weighted by Gasteiger charge is -1.98. The molecule has 12 heavy (non-hydrogen) atoms. The Kier molecular flexibility index (Phi) is 3.05. The van der Waals surface area contributed by atoms with Gasteiger partial charge in [-0.3, -0.25) is 0 Å². The number of aromatic nitrogens is 1. The lowest BCUT2D eigenvalue weighted by Crippen LogP contribution is -2.14. The summed E-state index contributed by atoms with van der Waals surface area (Å²) in [6.45, 7) is 0. The van der Waals surface area contributed by atoms with Gasteiger partial charge in [-0.25, -0.2) is 4.98 Å². The van der Waals surface area contributed by atoms with E-state index in [4.69, 9.17) is 10.9 Å². The molecule has 0 bridgehead atoms. The van der Waals surface area contributed by atoms with Crippen molar-refractivity contribution in [3.8, 4) is 0 Å². The second kappa shape index (κ2) is 3.86. The average Bonchev–Trinajstić information content (AvgIpc) is 2.01. The Bertz CT molecular complexity index is 306. The Morgan fingerprint density at radius 2 is 2.17 bits per heavy atom. The molecule has 0 aromatic carbocycles. The fourth-order valence-corrected chi connectivity index (χ4v) is 1.83. The van der Waals surface area contributed by atoms with Crippen LogP contribution >= 0.6 is 31.9 Å². The van der Waals surface area contributed by atoms with Crippen LogP contribution in [-0.2, 0) is 0 Å². The van der Waals surface area contributed by atoms with Gasteiger partial charge in [0, 0.05) is 4.47 Å². The molecule has 0 fully saturated rings. The molecule has 4 nitrogen and oxygen atoms in total. The number of halogens is 2. The van der Waals surface area contributed by atoms with Gasteiger partial charge in [-0.1, -0.05) is 21.1 Å². The predicted octanol–water partition coefficient (Wildman–Crippen LogP) is 1.70. The van der Waals surface area contributed by atoms with Crippen molar-refractivity contribution in [3.63, 3.8) is 0 Å². The third-order valence-electron chi connectivity index (χ3n) is 1.13. The van der Waals surface area contributed by atoms with Crippen molar-refractivity contribution in [2.24, 2.45) is 10.9 Å². The number of pyridine rings is 1. The summed E-state index contributed by atoms with van der Waals surface area (Å²) < 4.78 is 1.43. The first kappa shape index (κ1) is 9.47. The molecule has 0 saturated carbocycles. The predicted molar refractivity (Wildman–Crippen MR) is 52.1 cm³/mol. The van der Waals surface area contributed by atoms with E-state index in [1.54, 1.807) is 12.1 Å². The summed E-state index contributed by atoms with van der Waals surface area (Å²) in [5.41, 5.74) is 5.74. The van der Waals surface area contributed by atoms with Crippen LogP contribution in [0.5, 0.6) is 0 Å². The van der Waals surface area contributed by atoms with Crippen LogP contribution in [-0.4, -0.2) is 16.0 Å². The minimum absolute atomic E-state index is 0.0167. The van der Waals surface area contributed by atoms with Crippen LogP contribution in [0.2, 0.25) is 0 Å². The summed E-state index contributed by atoms with van der Waals surface area (Å²) in [6.07, 6.45) is 0. The molecule has 6 heteroatoms. The summed E-state index contributed by atoms with van der Waals surface area (Å²) >= 11 is 6.43. The minimum Gasteiger partial charge on any atom is -0.409 e. The first-order valence-electron chi connectivity index (χ1n) is 2.94. The second-order valence-electron chi connectivity index (χ2n) is 1.98. The van der Waals surface area contributed by atoms with Gasteiger partial charge in [0.2, 0.25) is 0 Å².